The van der Waals surface area contributed by atoms with Crippen molar-refractivity contribution in [3.8, 4) is 5.75 Å². The van der Waals surface area contributed by atoms with E-state index in [0.29, 0.717) is 29.9 Å². The summed E-state index contributed by atoms with van der Waals surface area (Å²) in [7, 11) is 0. The van der Waals surface area contributed by atoms with Crippen LogP contribution in [0.2, 0.25) is 0 Å². The SMILES string of the molecule is Cl.Cl.O=C(NC1CCNCC1)c1nc2ccc(OC3CCN(c4ccc(C(F)(F)F)cc4)CC3)cc2o1. The number of oxazole rings is 1. The summed E-state index contributed by atoms with van der Waals surface area (Å²) in [5.41, 5.74) is 1.20. The van der Waals surface area contributed by atoms with Gasteiger partial charge in [-0.15, -0.1) is 24.8 Å². The van der Waals surface area contributed by atoms with Gasteiger partial charge in [-0.3, -0.25) is 4.79 Å². The van der Waals surface area contributed by atoms with Gasteiger partial charge >= 0.3 is 12.1 Å². The third-order valence-electron chi connectivity index (χ3n) is 6.53. The highest BCUT2D eigenvalue weighted by molar-refractivity contribution is 5.92. The zero-order chi connectivity index (χ0) is 24.4. The van der Waals surface area contributed by atoms with Crippen LogP contribution < -0.4 is 20.3 Å². The van der Waals surface area contributed by atoms with Gasteiger partial charge in [0.05, 0.1) is 5.56 Å². The zero-order valence-corrected chi connectivity index (χ0v) is 21.6. The predicted octanol–water partition coefficient (Wildman–Crippen LogP) is 5.22. The van der Waals surface area contributed by atoms with Gasteiger partial charge in [-0.05, 0) is 62.3 Å². The van der Waals surface area contributed by atoms with Crippen molar-refractivity contribution >= 4 is 47.5 Å². The maximum atomic E-state index is 12.8. The number of benzene rings is 2. The van der Waals surface area contributed by atoms with Gasteiger partial charge in [-0.1, -0.05) is 0 Å². The number of aromatic nitrogens is 1. The number of nitrogens with zero attached hydrogens (tertiary/aromatic N) is 2. The first-order valence-corrected chi connectivity index (χ1v) is 11.9. The lowest BCUT2D eigenvalue weighted by Gasteiger charge is -2.33. The maximum absolute atomic E-state index is 12.8. The number of rotatable bonds is 5. The van der Waals surface area contributed by atoms with Crippen molar-refractivity contribution in [2.75, 3.05) is 31.1 Å². The Morgan fingerprint density at radius 3 is 2.35 bits per heavy atom. The monoisotopic (exact) mass is 560 g/mol. The van der Waals surface area contributed by atoms with Gasteiger partial charge in [-0.25, -0.2) is 4.98 Å². The summed E-state index contributed by atoms with van der Waals surface area (Å²) in [6.07, 6.45) is -1.13. The second-order valence-corrected chi connectivity index (χ2v) is 9.00. The Morgan fingerprint density at radius 1 is 1.03 bits per heavy atom. The van der Waals surface area contributed by atoms with E-state index in [1.807, 2.05) is 6.07 Å². The lowest BCUT2D eigenvalue weighted by Crippen LogP contribution is -2.42. The number of hydrogen-bond donors (Lipinski definition) is 2. The molecule has 12 heteroatoms. The van der Waals surface area contributed by atoms with Gasteiger partial charge in [-0.2, -0.15) is 13.2 Å². The van der Waals surface area contributed by atoms with Gasteiger partial charge < -0.3 is 24.7 Å². The minimum Gasteiger partial charge on any atom is -0.490 e. The molecule has 3 aromatic rings. The number of ether oxygens (including phenoxy) is 1. The summed E-state index contributed by atoms with van der Waals surface area (Å²) in [5.74, 6) is 0.360. The molecule has 0 atom stereocenters. The summed E-state index contributed by atoms with van der Waals surface area (Å²) in [6, 6.07) is 10.7. The van der Waals surface area contributed by atoms with Crippen molar-refractivity contribution in [2.24, 2.45) is 0 Å². The van der Waals surface area contributed by atoms with Crippen LogP contribution in [-0.2, 0) is 6.18 Å². The Morgan fingerprint density at radius 2 is 1.70 bits per heavy atom. The first kappa shape index (κ1) is 28.9. The molecule has 0 spiro atoms. The molecule has 2 aliphatic rings. The molecule has 2 N–H and O–H groups in total. The van der Waals surface area contributed by atoms with Crippen LogP contribution in [0, 0.1) is 0 Å². The average molecular weight is 561 g/mol. The molecule has 5 rings (SSSR count). The van der Waals surface area contributed by atoms with Crippen molar-refractivity contribution in [2.45, 2.75) is 44.0 Å². The quantitative estimate of drug-likeness (QED) is 0.445. The van der Waals surface area contributed by atoms with E-state index in [0.717, 1.165) is 56.6 Å². The fraction of sp³-hybridized carbons (Fsp3) is 0.440. The number of halogens is 5. The second kappa shape index (κ2) is 12.2. The van der Waals surface area contributed by atoms with Crippen LogP contribution in [0.5, 0.6) is 5.75 Å². The first-order chi connectivity index (χ1) is 16.8. The molecular weight excluding hydrogens is 532 g/mol. The van der Waals surface area contributed by atoms with Crippen molar-refractivity contribution in [1.82, 2.24) is 15.6 Å². The molecule has 2 fully saturated rings. The first-order valence-electron chi connectivity index (χ1n) is 11.9. The third kappa shape index (κ3) is 7.00. The Kier molecular flexibility index (Phi) is 9.55. The highest BCUT2D eigenvalue weighted by atomic mass is 35.5. The number of piperidine rings is 2. The molecule has 0 radical (unpaired) electrons. The third-order valence-corrected chi connectivity index (χ3v) is 6.53. The molecular formula is C25H29Cl2F3N4O3. The molecule has 0 unspecified atom stereocenters. The molecule has 7 nitrogen and oxygen atoms in total. The van der Waals surface area contributed by atoms with Gasteiger partial charge in [0, 0.05) is 43.7 Å². The van der Waals surface area contributed by atoms with Crippen molar-refractivity contribution < 1.29 is 27.1 Å². The van der Waals surface area contributed by atoms with E-state index in [1.54, 1.807) is 12.1 Å². The van der Waals surface area contributed by atoms with Crippen molar-refractivity contribution in [1.29, 1.82) is 0 Å². The van der Waals surface area contributed by atoms with E-state index in [1.165, 1.54) is 12.1 Å². The summed E-state index contributed by atoms with van der Waals surface area (Å²) >= 11 is 0. The normalized spacial score (nSPS) is 17.1. The average Bonchev–Trinajstić information content (AvgIpc) is 3.29. The van der Waals surface area contributed by atoms with Gasteiger partial charge in [0.2, 0.25) is 0 Å². The van der Waals surface area contributed by atoms with E-state index >= 15 is 0 Å². The number of nitrogens with one attached hydrogen (secondary N) is 2. The smallest absolute Gasteiger partial charge is 0.416 e. The summed E-state index contributed by atoms with van der Waals surface area (Å²) in [5, 5.41) is 6.24. The van der Waals surface area contributed by atoms with Gasteiger partial charge in [0.25, 0.3) is 5.89 Å². The zero-order valence-electron chi connectivity index (χ0n) is 19.9. The number of anilines is 1. The number of hydrogen-bond acceptors (Lipinski definition) is 6. The van der Waals surface area contributed by atoms with E-state index in [9.17, 15) is 18.0 Å². The molecule has 2 aromatic carbocycles. The highest BCUT2D eigenvalue weighted by Crippen LogP contribution is 2.31. The van der Waals surface area contributed by atoms with Gasteiger partial charge in [0.1, 0.15) is 17.4 Å². The van der Waals surface area contributed by atoms with Crippen LogP contribution in [0.25, 0.3) is 11.1 Å². The number of amides is 1. The van der Waals surface area contributed by atoms with Crippen LogP contribution in [0.4, 0.5) is 18.9 Å². The molecule has 2 aliphatic heterocycles. The number of fused-ring (bicyclic) bond motifs is 1. The predicted molar refractivity (Wildman–Crippen MR) is 139 cm³/mol. The van der Waals surface area contributed by atoms with Crippen LogP contribution >= 0.6 is 24.8 Å². The van der Waals surface area contributed by atoms with E-state index in [4.69, 9.17) is 9.15 Å². The summed E-state index contributed by atoms with van der Waals surface area (Å²) < 4.78 is 50.2. The standard InChI is InChI=1S/C25H27F3N4O3.2ClH/c26-25(27,28)16-1-3-18(4-2-16)32-13-9-19(10-14-32)34-20-5-6-21-22(15-20)35-24(31-21)23(33)30-17-7-11-29-12-8-17;;/h1-6,15,17,19,29H,7-14H2,(H,30,33);2*1H. The molecule has 202 valence electrons. The van der Waals surface area contributed by atoms with E-state index < -0.39 is 11.7 Å². The van der Waals surface area contributed by atoms with Crippen LogP contribution in [0.15, 0.2) is 46.9 Å². The number of carbonyl (C=O) groups excluding carboxylic acids is 1. The topological polar surface area (TPSA) is 79.6 Å². The molecule has 2 saturated heterocycles. The lowest BCUT2D eigenvalue weighted by atomic mass is 10.1. The lowest BCUT2D eigenvalue weighted by molar-refractivity contribution is -0.137. The Balaban J connectivity index is 0.00000190. The van der Waals surface area contributed by atoms with Crippen LogP contribution in [-0.4, -0.2) is 49.2 Å². The molecule has 0 bridgehead atoms. The minimum atomic E-state index is -4.33. The molecule has 0 aliphatic carbocycles. The Hall–Kier alpha value is -2.69. The molecule has 3 heterocycles. The van der Waals surface area contributed by atoms with E-state index in [2.05, 4.69) is 20.5 Å². The van der Waals surface area contributed by atoms with Crippen molar-refractivity contribution in [3.05, 3.63) is 53.9 Å². The molecule has 0 saturated carbocycles. The fourth-order valence-corrected chi connectivity index (χ4v) is 4.57. The Bertz CT molecular complexity index is 1180. The van der Waals surface area contributed by atoms with Crippen LogP contribution in [0.3, 0.4) is 0 Å². The van der Waals surface area contributed by atoms with Gasteiger partial charge in [0.15, 0.2) is 5.58 Å². The number of alkyl halides is 3. The minimum absolute atomic E-state index is 0. The summed E-state index contributed by atoms with van der Waals surface area (Å²) in [4.78, 5) is 18.9. The largest absolute Gasteiger partial charge is 0.490 e. The van der Waals surface area contributed by atoms with Crippen LogP contribution in [0.1, 0.15) is 41.9 Å². The number of carbonyl (C=O) groups is 1. The summed E-state index contributed by atoms with van der Waals surface area (Å²) in [6.45, 7) is 3.12. The highest BCUT2D eigenvalue weighted by Gasteiger charge is 2.30. The Labute approximate surface area is 224 Å². The molecule has 1 amide bonds. The molecule has 1 aromatic heterocycles. The van der Waals surface area contributed by atoms with E-state index in [-0.39, 0.29) is 48.8 Å². The van der Waals surface area contributed by atoms with Crippen molar-refractivity contribution in [3.63, 3.8) is 0 Å². The fourth-order valence-electron chi connectivity index (χ4n) is 4.57. The maximum Gasteiger partial charge on any atom is 0.416 e. The second-order valence-electron chi connectivity index (χ2n) is 9.00. The molecule has 37 heavy (non-hydrogen) atoms.